The number of rotatable bonds is 2. The molecule has 13 heavy (non-hydrogen) atoms. The third-order valence-electron chi connectivity index (χ3n) is 1.66. The average Bonchev–Trinajstić information content (AvgIpc) is 2.04. The van der Waals surface area contributed by atoms with Gasteiger partial charge in [0.25, 0.3) is 0 Å². The van der Waals surface area contributed by atoms with Crippen LogP contribution in [0.4, 0.5) is 5.69 Å². The number of carbonyl (C=O) groups is 1. The van der Waals surface area contributed by atoms with Crippen molar-refractivity contribution in [1.29, 1.82) is 0 Å². The van der Waals surface area contributed by atoms with Crippen LogP contribution in [-0.4, -0.2) is 16.4 Å². The predicted octanol–water partition coefficient (Wildman–Crippen LogP) is -0.0567. The number of aromatic carboxylic acids is 1. The summed E-state index contributed by atoms with van der Waals surface area (Å²) in [6.45, 7) is 1.62. The van der Waals surface area contributed by atoms with Crippen molar-refractivity contribution in [3.8, 4) is 0 Å². The first kappa shape index (κ1) is 9.50. The highest BCUT2D eigenvalue weighted by Gasteiger charge is 2.05. The maximum absolute atomic E-state index is 10.4. The molecule has 0 aliphatic carbocycles. The molecule has 70 valence electrons. The van der Waals surface area contributed by atoms with E-state index in [2.05, 4.69) is 0 Å². The lowest BCUT2D eigenvalue weighted by molar-refractivity contribution is -0.255. The summed E-state index contributed by atoms with van der Waals surface area (Å²) in [7, 11) is 0. The van der Waals surface area contributed by atoms with Crippen molar-refractivity contribution in [2.45, 2.75) is 6.92 Å². The first-order chi connectivity index (χ1) is 6.02. The van der Waals surface area contributed by atoms with E-state index in [-0.39, 0.29) is 16.5 Å². The maximum atomic E-state index is 10.4. The van der Waals surface area contributed by atoms with Crippen LogP contribution in [-0.2, 0) is 0 Å². The Kier molecular flexibility index (Phi) is 2.50. The lowest BCUT2D eigenvalue weighted by Crippen LogP contribution is -2.23. The van der Waals surface area contributed by atoms with Gasteiger partial charge in [-0.25, -0.2) is 0 Å². The molecule has 1 aromatic carbocycles. The molecular weight excluding hydrogens is 174 g/mol. The monoisotopic (exact) mass is 182 g/mol. The molecule has 5 nitrogen and oxygen atoms in total. The second-order valence-corrected chi connectivity index (χ2v) is 2.58. The summed E-state index contributed by atoms with van der Waals surface area (Å²) in [6.07, 6.45) is 0. The van der Waals surface area contributed by atoms with E-state index < -0.39 is 5.97 Å². The lowest BCUT2D eigenvalue weighted by atomic mass is 10.1. The number of benzene rings is 1. The van der Waals surface area contributed by atoms with Crippen molar-refractivity contribution < 1.29 is 20.3 Å². The second-order valence-electron chi connectivity index (χ2n) is 2.58. The summed E-state index contributed by atoms with van der Waals surface area (Å²) in [5.74, 6) is -1.36. The third kappa shape index (κ3) is 1.95. The molecule has 0 amide bonds. The van der Waals surface area contributed by atoms with E-state index in [9.17, 15) is 9.90 Å². The Labute approximate surface area is 74.4 Å². The van der Waals surface area contributed by atoms with Gasteiger partial charge in [0.2, 0.25) is 0 Å². The van der Waals surface area contributed by atoms with Gasteiger partial charge in [-0.05, 0) is 24.1 Å². The van der Waals surface area contributed by atoms with Gasteiger partial charge in [-0.3, -0.25) is 10.4 Å². The second kappa shape index (κ2) is 3.42. The number of hydrogen-bond donors (Lipinski definition) is 2. The molecule has 0 heterocycles. The molecule has 0 saturated carbocycles. The molecule has 0 bridgehead atoms. The van der Waals surface area contributed by atoms with Crippen LogP contribution in [0.5, 0.6) is 0 Å². The van der Waals surface area contributed by atoms with Crippen LogP contribution in [0.15, 0.2) is 18.2 Å². The fourth-order valence-electron chi connectivity index (χ4n) is 0.952. The number of carbonyl (C=O) groups excluding carboxylic acids is 1. The Balaban J connectivity index is 3.19. The normalized spacial score (nSPS) is 9.77. The Bertz CT molecular complexity index is 335. The van der Waals surface area contributed by atoms with Gasteiger partial charge in [0.05, 0.1) is 11.7 Å². The van der Waals surface area contributed by atoms with Gasteiger partial charge >= 0.3 is 0 Å². The first-order valence-electron chi connectivity index (χ1n) is 3.52. The number of carboxylic acid groups (broad SMARTS) is 1. The van der Waals surface area contributed by atoms with Crippen LogP contribution in [0.3, 0.4) is 0 Å². The van der Waals surface area contributed by atoms with Crippen LogP contribution in [0.25, 0.3) is 0 Å². The summed E-state index contributed by atoms with van der Waals surface area (Å²) in [5.41, 5.74) is 0.463. The smallest absolute Gasteiger partial charge is 0.0978 e. The van der Waals surface area contributed by atoms with E-state index in [1.807, 2.05) is 0 Å². The fourth-order valence-corrected chi connectivity index (χ4v) is 0.952. The van der Waals surface area contributed by atoms with Gasteiger partial charge in [0, 0.05) is 0 Å². The summed E-state index contributed by atoms with van der Waals surface area (Å²) >= 11 is 0. The highest BCUT2D eigenvalue weighted by molar-refractivity contribution is 5.87. The molecule has 5 heteroatoms. The SMILES string of the molecule is Cc1ccc(C(=O)[O-])cc1N(O)O. The van der Waals surface area contributed by atoms with Crippen LogP contribution >= 0.6 is 0 Å². The zero-order valence-electron chi connectivity index (χ0n) is 6.89. The highest BCUT2D eigenvalue weighted by atomic mass is 16.8. The molecule has 0 radical (unpaired) electrons. The number of hydrogen-bond acceptors (Lipinski definition) is 5. The van der Waals surface area contributed by atoms with Crippen molar-refractivity contribution in [3.05, 3.63) is 29.3 Å². The Hall–Kier alpha value is -1.59. The molecule has 0 unspecified atom stereocenters. The number of anilines is 1. The molecule has 0 spiro atoms. The van der Waals surface area contributed by atoms with Gasteiger partial charge in [-0.15, -0.1) is 5.23 Å². The van der Waals surface area contributed by atoms with Crippen molar-refractivity contribution in [1.82, 2.24) is 0 Å². The minimum absolute atomic E-state index is 0.0155. The van der Waals surface area contributed by atoms with E-state index in [0.717, 1.165) is 6.07 Å². The highest BCUT2D eigenvalue weighted by Crippen LogP contribution is 2.18. The molecular formula is C8H8NO4-. The zero-order valence-corrected chi connectivity index (χ0v) is 6.89. The van der Waals surface area contributed by atoms with Crippen LogP contribution in [0, 0.1) is 6.92 Å². The number of nitrogens with zero attached hydrogens (tertiary/aromatic N) is 1. The number of carboxylic acids is 1. The largest absolute Gasteiger partial charge is 0.545 e. The van der Waals surface area contributed by atoms with Gasteiger partial charge in [0.15, 0.2) is 0 Å². The molecule has 0 aliphatic heterocycles. The van der Waals surface area contributed by atoms with Gasteiger partial charge in [0.1, 0.15) is 0 Å². The van der Waals surface area contributed by atoms with Crippen molar-refractivity contribution in [3.63, 3.8) is 0 Å². The van der Waals surface area contributed by atoms with Crippen LogP contribution in [0.1, 0.15) is 15.9 Å². The minimum Gasteiger partial charge on any atom is -0.545 e. The molecule has 0 aliphatic rings. The van der Waals surface area contributed by atoms with E-state index >= 15 is 0 Å². The van der Waals surface area contributed by atoms with E-state index in [1.54, 1.807) is 6.92 Å². The Morgan fingerprint density at radius 2 is 2.08 bits per heavy atom. The van der Waals surface area contributed by atoms with Crippen LogP contribution < -0.4 is 10.3 Å². The molecule has 2 N–H and O–H groups in total. The van der Waals surface area contributed by atoms with E-state index in [0.29, 0.717) is 5.56 Å². The minimum atomic E-state index is -1.36. The zero-order chi connectivity index (χ0) is 10.0. The van der Waals surface area contributed by atoms with Crippen LogP contribution in [0.2, 0.25) is 0 Å². The summed E-state index contributed by atoms with van der Waals surface area (Å²) in [4.78, 5) is 10.4. The van der Waals surface area contributed by atoms with E-state index in [1.165, 1.54) is 12.1 Å². The molecule has 0 saturated heterocycles. The quantitative estimate of drug-likeness (QED) is 0.626. The van der Waals surface area contributed by atoms with E-state index in [4.69, 9.17) is 10.4 Å². The summed E-state index contributed by atoms with van der Waals surface area (Å²) in [5, 5.41) is 27.6. The van der Waals surface area contributed by atoms with Crippen molar-refractivity contribution in [2.75, 3.05) is 5.23 Å². The topological polar surface area (TPSA) is 83.8 Å². The van der Waals surface area contributed by atoms with Gasteiger partial charge in [-0.1, -0.05) is 12.1 Å². The van der Waals surface area contributed by atoms with Gasteiger partial charge < -0.3 is 9.90 Å². The molecule has 0 aromatic heterocycles. The summed E-state index contributed by atoms with van der Waals surface area (Å²) in [6, 6.07) is 3.90. The van der Waals surface area contributed by atoms with Crippen molar-refractivity contribution >= 4 is 11.7 Å². The first-order valence-corrected chi connectivity index (χ1v) is 3.52. The predicted molar refractivity (Wildman–Crippen MR) is 41.6 cm³/mol. The van der Waals surface area contributed by atoms with Crippen molar-refractivity contribution in [2.24, 2.45) is 0 Å². The number of aryl methyl sites for hydroxylation is 1. The molecule has 0 fully saturated rings. The standard InChI is InChI=1S/C8H9NO4/c1-5-2-3-6(8(10)11)4-7(5)9(12)13/h2-4,12-13H,1H3,(H,10,11)/p-1. The lowest BCUT2D eigenvalue weighted by Gasteiger charge is -2.12. The Morgan fingerprint density at radius 1 is 1.46 bits per heavy atom. The third-order valence-corrected chi connectivity index (χ3v) is 1.66. The molecule has 1 rings (SSSR count). The molecule has 1 aromatic rings. The Morgan fingerprint density at radius 3 is 2.54 bits per heavy atom. The summed E-state index contributed by atoms with van der Waals surface area (Å²) < 4.78 is 0. The molecule has 0 atom stereocenters. The van der Waals surface area contributed by atoms with Gasteiger partial charge in [-0.2, -0.15) is 0 Å². The fraction of sp³-hybridized carbons (Fsp3) is 0.125. The average molecular weight is 182 g/mol. The maximum Gasteiger partial charge on any atom is 0.0978 e.